The van der Waals surface area contributed by atoms with Crippen molar-refractivity contribution < 1.29 is 0 Å². The van der Waals surface area contributed by atoms with Gasteiger partial charge in [0.05, 0.1) is 5.70 Å². The normalized spacial score (nSPS) is 30.2. The number of rotatable bonds is 2. The van der Waals surface area contributed by atoms with E-state index in [1.54, 1.807) is 0 Å². The van der Waals surface area contributed by atoms with E-state index in [-0.39, 0.29) is 5.37 Å². The highest BCUT2D eigenvalue weighted by Gasteiger charge is 2.47. The molecule has 2 unspecified atom stereocenters. The monoisotopic (exact) mass is 247 g/mol. The van der Waals surface area contributed by atoms with Gasteiger partial charge >= 0.3 is 0 Å². The van der Waals surface area contributed by atoms with E-state index in [9.17, 15) is 0 Å². The van der Waals surface area contributed by atoms with E-state index >= 15 is 0 Å². The topological polar surface area (TPSA) is 37.1 Å². The summed E-state index contributed by atoms with van der Waals surface area (Å²) < 4.78 is 4.11. The van der Waals surface area contributed by atoms with E-state index in [2.05, 4.69) is 43.4 Å². The lowest BCUT2D eigenvalue weighted by Gasteiger charge is -2.15. The molecule has 0 aromatic heterocycles. The molecule has 90 valence electrons. The fourth-order valence-electron chi connectivity index (χ4n) is 2.73. The predicted octanol–water partition coefficient (Wildman–Crippen LogP) is 4.00. The summed E-state index contributed by atoms with van der Waals surface area (Å²) in [5.74, 6) is 1.69. The molecule has 3 rings (SSSR count). The summed E-state index contributed by atoms with van der Waals surface area (Å²) in [6.45, 7) is 9.00. The molecule has 0 radical (unpaired) electrons. The third-order valence-corrected chi connectivity index (χ3v) is 4.11. The molecule has 0 N–H and O–H groups in total. The Labute approximate surface area is 106 Å². The van der Waals surface area contributed by atoms with Crippen molar-refractivity contribution in [3.8, 4) is 0 Å². The lowest BCUT2D eigenvalue weighted by molar-refractivity contribution is 0.613. The molecule has 2 atom stereocenters. The molecule has 2 aliphatic heterocycles. The highest BCUT2D eigenvalue weighted by Crippen LogP contribution is 2.50. The molecule has 0 amide bonds. The predicted molar refractivity (Wildman–Crippen MR) is 71.9 cm³/mol. The second-order valence-electron chi connectivity index (χ2n) is 5.45. The van der Waals surface area contributed by atoms with Crippen LogP contribution in [-0.2, 0) is 0 Å². The van der Waals surface area contributed by atoms with Crippen molar-refractivity contribution in [2.45, 2.75) is 33.1 Å². The molecule has 0 saturated heterocycles. The van der Waals surface area contributed by atoms with Crippen LogP contribution in [0.2, 0.25) is 0 Å². The first-order valence-corrected chi connectivity index (χ1v) is 7.04. The summed E-state index contributed by atoms with van der Waals surface area (Å²) in [6.07, 6.45) is 2.15. The van der Waals surface area contributed by atoms with E-state index < -0.39 is 0 Å². The van der Waals surface area contributed by atoms with Crippen molar-refractivity contribution in [3.63, 3.8) is 0 Å². The summed E-state index contributed by atoms with van der Waals surface area (Å²) >= 11 is 1.46. The third kappa shape index (κ3) is 1.69. The molecule has 1 fully saturated rings. The van der Waals surface area contributed by atoms with Crippen LogP contribution in [0.1, 0.15) is 27.7 Å². The highest BCUT2D eigenvalue weighted by atomic mass is 32.2. The number of aliphatic imine (C=N–C) groups is 1. The number of hydrogen-bond donors (Lipinski definition) is 0. The number of nitrogens with zero attached hydrogens (tertiary/aromatic N) is 3. The molecule has 1 aliphatic carbocycles. The molecule has 4 heteroatoms. The molecular weight excluding hydrogens is 230 g/mol. The Balaban J connectivity index is 2.12. The van der Waals surface area contributed by atoms with Gasteiger partial charge in [0, 0.05) is 23.6 Å². The fraction of sp³-hybridized carbons (Fsp3) is 0.615. The van der Waals surface area contributed by atoms with Gasteiger partial charge in [0.2, 0.25) is 0 Å². The number of hydrogen-bond acceptors (Lipinski definition) is 4. The fourth-order valence-corrected chi connectivity index (χ4v) is 3.32. The van der Waals surface area contributed by atoms with Crippen LogP contribution in [0.5, 0.6) is 0 Å². The second kappa shape index (κ2) is 3.80. The Hall–Kier alpha value is -0.900. The van der Waals surface area contributed by atoms with Gasteiger partial charge in [0.25, 0.3) is 0 Å². The zero-order valence-corrected chi connectivity index (χ0v) is 11.5. The van der Waals surface area contributed by atoms with Gasteiger partial charge in [0.1, 0.15) is 5.37 Å². The maximum absolute atomic E-state index is 4.80. The molecule has 0 aromatic carbocycles. The van der Waals surface area contributed by atoms with Crippen LogP contribution in [0.15, 0.2) is 37.5 Å². The molecular formula is C13H17N3S. The van der Waals surface area contributed by atoms with E-state index in [4.69, 9.17) is 4.99 Å². The minimum Gasteiger partial charge on any atom is -0.268 e. The quantitative estimate of drug-likeness (QED) is 0.679. The van der Waals surface area contributed by atoms with Gasteiger partial charge in [-0.15, -0.1) is 9.63 Å². The standard InChI is InChI=1S/C13H17N3S/c1-6(2)10-8-5-9(17-16-15-8)14-13-11(7(3)4)12(10)13/h5-7,9,11H,1-4H3. The van der Waals surface area contributed by atoms with Gasteiger partial charge < -0.3 is 0 Å². The zero-order valence-electron chi connectivity index (χ0n) is 10.6. The van der Waals surface area contributed by atoms with E-state index in [0.29, 0.717) is 17.8 Å². The van der Waals surface area contributed by atoms with Crippen molar-refractivity contribution >= 4 is 17.7 Å². The van der Waals surface area contributed by atoms with Gasteiger partial charge in [-0.05, 0) is 29.1 Å². The number of allylic oxidation sites excluding steroid dienone is 2. The first kappa shape index (κ1) is 11.2. The summed E-state index contributed by atoms with van der Waals surface area (Å²) in [7, 11) is 0. The summed E-state index contributed by atoms with van der Waals surface area (Å²) in [5.41, 5.74) is 5.18. The van der Waals surface area contributed by atoms with E-state index in [1.165, 1.54) is 28.8 Å². The first-order chi connectivity index (χ1) is 8.09. The minimum absolute atomic E-state index is 0.146. The summed E-state index contributed by atoms with van der Waals surface area (Å²) in [5, 5.41) is 4.45. The number of fused-ring (bicyclic) bond motifs is 2. The molecule has 3 aliphatic rings. The van der Waals surface area contributed by atoms with Crippen LogP contribution in [0.25, 0.3) is 0 Å². The summed E-state index contributed by atoms with van der Waals surface area (Å²) in [4.78, 5) is 4.80. The SMILES string of the molecule is CC(C)C1=C2C(=NC3C=C1N=NS3)C2C(C)C. The molecule has 1 saturated carbocycles. The van der Waals surface area contributed by atoms with Crippen molar-refractivity contribution in [2.75, 3.05) is 0 Å². The van der Waals surface area contributed by atoms with Gasteiger partial charge in [-0.25, -0.2) is 0 Å². The van der Waals surface area contributed by atoms with Crippen LogP contribution in [0, 0.1) is 17.8 Å². The van der Waals surface area contributed by atoms with Gasteiger partial charge in [-0.1, -0.05) is 27.7 Å². The molecule has 2 bridgehead atoms. The van der Waals surface area contributed by atoms with Crippen molar-refractivity contribution in [3.05, 3.63) is 22.9 Å². The van der Waals surface area contributed by atoms with Crippen LogP contribution in [-0.4, -0.2) is 11.1 Å². The lowest BCUT2D eigenvalue weighted by atomic mass is 9.96. The zero-order chi connectivity index (χ0) is 12.2. The Morgan fingerprint density at radius 2 is 2.00 bits per heavy atom. The van der Waals surface area contributed by atoms with Crippen LogP contribution in [0.3, 0.4) is 0 Å². The van der Waals surface area contributed by atoms with E-state index in [0.717, 1.165) is 5.70 Å². The third-order valence-electron chi connectivity index (χ3n) is 3.48. The first-order valence-electron chi connectivity index (χ1n) is 6.20. The van der Waals surface area contributed by atoms with Gasteiger partial charge in [0.15, 0.2) is 0 Å². The maximum atomic E-state index is 4.80. The Morgan fingerprint density at radius 1 is 1.24 bits per heavy atom. The van der Waals surface area contributed by atoms with Crippen molar-refractivity contribution in [1.82, 2.24) is 0 Å². The van der Waals surface area contributed by atoms with Crippen LogP contribution in [0.4, 0.5) is 0 Å². The van der Waals surface area contributed by atoms with Crippen LogP contribution < -0.4 is 0 Å². The Morgan fingerprint density at radius 3 is 2.65 bits per heavy atom. The van der Waals surface area contributed by atoms with Gasteiger partial charge in [-0.3, -0.25) is 4.99 Å². The molecule has 3 nitrogen and oxygen atoms in total. The highest BCUT2D eigenvalue weighted by molar-refractivity contribution is 7.98. The molecule has 0 spiro atoms. The summed E-state index contributed by atoms with van der Waals surface area (Å²) in [6, 6.07) is 0. The molecule has 0 aromatic rings. The van der Waals surface area contributed by atoms with Crippen LogP contribution >= 0.6 is 11.9 Å². The molecule has 17 heavy (non-hydrogen) atoms. The Bertz CT molecular complexity index is 483. The Kier molecular flexibility index (Phi) is 2.51. The average Bonchev–Trinajstić information content (AvgIpc) is 2.92. The average molecular weight is 247 g/mol. The molecule has 2 heterocycles. The van der Waals surface area contributed by atoms with Crippen molar-refractivity contribution in [1.29, 1.82) is 0 Å². The minimum atomic E-state index is 0.146. The lowest BCUT2D eigenvalue weighted by Crippen LogP contribution is -2.04. The largest absolute Gasteiger partial charge is 0.268 e. The maximum Gasteiger partial charge on any atom is 0.139 e. The smallest absolute Gasteiger partial charge is 0.139 e. The van der Waals surface area contributed by atoms with Crippen molar-refractivity contribution in [2.24, 2.45) is 32.4 Å². The van der Waals surface area contributed by atoms with Gasteiger partial charge in [-0.2, -0.15) is 0 Å². The van der Waals surface area contributed by atoms with E-state index in [1.807, 2.05) is 0 Å². The second-order valence-corrected chi connectivity index (χ2v) is 6.30.